The molecular weight excluding hydrogens is 259 g/mol. The lowest BCUT2D eigenvalue weighted by molar-refractivity contribution is -0.396. The van der Waals surface area contributed by atoms with Crippen LogP contribution in [-0.2, 0) is 0 Å². The van der Waals surface area contributed by atoms with Crippen molar-refractivity contribution in [2.24, 2.45) is 0 Å². The molecule has 10 heteroatoms. The summed E-state index contributed by atoms with van der Waals surface area (Å²) in [5.74, 6) is -1.95. The minimum Gasteiger partial charge on any atom is -0.258 e. The molecule has 0 N–H and O–H groups in total. The lowest BCUT2D eigenvalue weighted by atomic mass is 10.1. The van der Waals surface area contributed by atoms with Gasteiger partial charge in [-0.1, -0.05) is 0 Å². The predicted molar refractivity (Wildman–Crippen MR) is 49.4 cm³/mol. The van der Waals surface area contributed by atoms with Crippen molar-refractivity contribution in [3.8, 4) is 6.07 Å². The maximum Gasteiger partial charge on any atom is 0.329 e. The molecule has 0 unspecified atom stereocenters. The standard InChI is InChI=1S/C8H2F3N3O4/c9-6-3(8(10)11)1-5(13(15)16)4(2-12)7(6)14(17)18/h1,8H. The molecule has 0 atom stereocenters. The van der Waals surface area contributed by atoms with Crippen LogP contribution in [0, 0.1) is 37.4 Å². The van der Waals surface area contributed by atoms with Crippen LogP contribution < -0.4 is 0 Å². The number of nitro benzene ring substituents is 2. The first-order valence-corrected chi connectivity index (χ1v) is 4.14. The molecule has 0 amide bonds. The van der Waals surface area contributed by atoms with E-state index < -0.39 is 44.6 Å². The lowest BCUT2D eigenvalue weighted by Gasteiger charge is -2.04. The topological polar surface area (TPSA) is 110 Å². The normalized spacial score (nSPS) is 10.2. The highest BCUT2D eigenvalue weighted by molar-refractivity contribution is 5.63. The third kappa shape index (κ3) is 2.05. The van der Waals surface area contributed by atoms with Gasteiger partial charge in [0.15, 0.2) is 0 Å². The molecule has 18 heavy (non-hydrogen) atoms. The highest BCUT2D eigenvalue weighted by atomic mass is 19.3. The van der Waals surface area contributed by atoms with Gasteiger partial charge in [-0.25, -0.2) is 8.78 Å². The number of halogens is 3. The van der Waals surface area contributed by atoms with Gasteiger partial charge in [-0.05, 0) is 0 Å². The van der Waals surface area contributed by atoms with Gasteiger partial charge in [-0.2, -0.15) is 9.65 Å². The average Bonchev–Trinajstić information content (AvgIpc) is 2.26. The van der Waals surface area contributed by atoms with Gasteiger partial charge in [0.05, 0.1) is 15.4 Å². The Morgan fingerprint density at radius 1 is 1.28 bits per heavy atom. The summed E-state index contributed by atoms with van der Waals surface area (Å²) in [6.07, 6.45) is -3.48. The molecule has 0 radical (unpaired) electrons. The molecule has 0 aliphatic rings. The van der Waals surface area contributed by atoms with Crippen LogP contribution in [0.5, 0.6) is 0 Å². The number of hydrogen-bond acceptors (Lipinski definition) is 5. The van der Waals surface area contributed by atoms with E-state index >= 15 is 0 Å². The number of benzene rings is 1. The van der Waals surface area contributed by atoms with Crippen molar-refractivity contribution in [1.82, 2.24) is 0 Å². The Balaban J connectivity index is 3.83. The van der Waals surface area contributed by atoms with E-state index in [4.69, 9.17) is 5.26 Å². The zero-order chi connectivity index (χ0) is 14.0. The Morgan fingerprint density at radius 3 is 2.17 bits per heavy atom. The van der Waals surface area contributed by atoms with Gasteiger partial charge in [0, 0.05) is 6.07 Å². The molecule has 1 aromatic carbocycles. The monoisotopic (exact) mass is 261 g/mol. The fourth-order valence-electron chi connectivity index (χ4n) is 1.24. The van der Waals surface area contributed by atoms with E-state index in [1.807, 2.05) is 0 Å². The maximum absolute atomic E-state index is 13.4. The molecule has 0 aliphatic carbocycles. The van der Waals surface area contributed by atoms with Gasteiger partial charge in [0.2, 0.25) is 11.4 Å². The van der Waals surface area contributed by atoms with Gasteiger partial charge in [0.25, 0.3) is 12.1 Å². The summed E-state index contributed by atoms with van der Waals surface area (Å²) in [5, 5.41) is 29.5. The molecular formula is C8H2F3N3O4. The number of nitrogens with zero attached hydrogens (tertiary/aromatic N) is 3. The summed E-state index contributed by atoms with van der Waals surface area (Å²) in [6.45, 7) is 0. The van der Waals surface area contributed by atoms with Crippen LogP contribution in [0.1, 0.15) is 17.6 Å². The zero-order valence-electron chi connectivity index (χ0n) is 8.26. The minimum atomic E-state index is -3.48. The molecule has 0 aliphatic heterocycles. The minimum absolute atomic E-state index is 0.117. The van der Waals surface area contributed by atoms with Crippen molar-refractivity contribution in [3.05, 3.63) is 43.2 Å². The molecule has 0 aromatic heterocycles. The van der Waals surface area contributed by atoms with E-state index in [0.717, 1.165) is 6.07 Å². The largest absolute Gasteiger partial charge is 0.329 e. The van der Waals surface area contributed by atoms with Crippen LogP contribution in [0.15, 0.2) is 6.07 Å². The number of rotatable bonds is 3. The van der Waals surface area contributed by atoms with Gasteiger partial charge in [0.1, 0.15) is 6.07 Å². The first kappa shape index (κ1) is 13.4. The van der Waals surface area contributed by atoms with E-state index in [0.29, 0.717) is 0 Å². The fourth-order valence-corrected chi connectivity index (χ4v) is 1.24. The van der Waals surface area contributed by atoms with Crippen molar-refractivity contribution in [1.29, 1.82) is 5.26 Å². The number of nitriles is 1. The summed E-state index contributed by atoms with van der Waals surface area (Å²) < 4.78 is 38.1. The van der Waals surface area contributed by atoms with Crippen molar-refractivity contribution in [2.45, 2.75) is 6.43 Å². The summed E-state index contributed by atoms with van der Waals surface area (Å²) in [7, 11) is 0. The molecule has 0 bridgehead atoms. The third-order valence-corrected chi connectivity index (χ3v) is 1.97. The maximum atomic E-state index is 13.4. The van der Waals surface area contributed by atoms with Crippen LogP contribution in [0.25, 0.3) is 0 Å². The van der Waals surface area contributed by atoms with Crippen LogP contribution in [0.3, 0.4) is 0 Å². The number of nitro groups is 2. The summed E-state index contributed by atoms with van der Waals surface area (Å²) in [6, 6.07) is 1.18. The second-order valence-electron chi connectivity index (χ2n) is 2.95. The quantitative estimate of drug-likeness (QED) is 0.612. The van der Waals surface area contributed by atoms with Crippen molar-refractivity contribution < 1.29 is 23.0 Å². The van der Waals surface area contributed by atoms with E-state index in [1.54, 1.807) is 0 Å². The smallest absolute Gasteiger partial charge is 0.258 e. The van der Waals surface area contributed by atoms with Crippen molar-refractivity contribution in [2.75, 3.05) is 0 Å². The van der Waals surface area contributed by atoms with Crippen LogP contribution in [0.4, 0.5) is 24.5 Å². The Labute approximate surface area is 96.4 Å². The van der Waals surface area contributed by atoms with E-state index in [-0.39, 0.29) is 6.07 Å². The molecule has 1 rings (SSSR count). The van der Waals surface area contributed by atoms with E-state index in [2.05, 4.69) is 0 Å². The average molecular weight is 261 g/mol. The van der Waals surface area contributed by atoms with Gasteiger partial charge < -0.3 is 0 Å². The first-order valence-electron chi connectivity index (χ1n) is 4.14. The molecule has 0 saturated heterocycles. The summed E-state index contributed by atoms with van der Waals surface area (Å²) in [5.41, 5.74) is -5.55. The van der Waals surface area contributed by atoms with Gasteiger partial charge in [-0.3, -0.25) is 20.2 Å². The molecule has 0 fully saturated rings. The van der Waals surface area contributed by atoms with Crippen LogP contribution >= 0.6 is 0 Å². The lowest BCUT2D eigenvalue weighted by Crippen LogP contribution is -2.05. The van der Waals surface area contributed by atoms with Gasteiger partial charge in [-0.15, -0.1) is 0 Å². The Hall–Kier alpha value is -2.70. The second-order valence-corrected chi connectivity index (χ2v) is 2.95. The Kier molecular flexibility index (Phi) is 3.46. The summed E-state index contributed by atoms with van der Waals surface area (Å²) >= 11 is 0. The first-order chi connectivity index (χ1) is 8.31. The fraction of sp³-hybridized carbons (Fsp3) is 0.125. The third-order valence-electron chi connectivity index (χ3n) is 1.97. The molecule has 1 aromatic rings. The molecule has 0 spiro atoms. The second kappa shape index (κ2) is 4.66. The molecule has 0 heterocycles. The van der Waals surface area contributed by atoms with Crippen molar-refractivity contribution >= 4 is 11.4 Å². The zero-order valence-corrected chi connectivity index (χ0v) is 8.26. The van der Waals surface area contributed by atoms with Crippen LogP contribution in [-0.4, -0.2) is 9.85 Å². The van der Waals surface area contributed by atoms with E-state index in [9.17, 15) is 33.4 Å². The highest BCUT2D eigenvalue weighted by Crippen LogP contribution is 2.36. The molecule has 0 saturated carbocycles. The van der Waals surface area contributed by atoms with Gasteiger partial charge >= 0.3 is 5.69 Å². The van der Waals surface area contributed by atoms with Crippen molar-refractivity contribution in [3.63, 3.8) is 0 Å². The highest BCUT2D eigenvalue weighted by Gasteiger charge is 2.35. The summed E-state index contributed by atoms with van der Waals surface area (Å²) in [4.78, 5) is 18.3. The van der Waals surface area contributed by atoms with E-state index in [1.165, 1.54) is 0 Å². The Bertz CT molecular complexity index is 582. The molecule has 94 valence electrons. The van der Waals surface area contributed by atoms with Crippen LogP contribution in [0.2, 0.25) is 0 Å². The molecule has 7 nitrogen and oxygen atoms in total. The number of hydrogen-bond donors (Lipinski definition) is 0. The predicted octanol–water partition coefficient (Wildman–Crippen LogP) is 2.45. The number of alkyl halides is 2. The Morgan fingerprint density at radius 2 is 1.83 bits per heavy atom. The SMILES string of the molecule is N#Cc1c([N+](=O)[O-])cc(C(F)F)c(F)c1[N+](=O)[O-].